The molecule has 1 saturated heterocycles. The van der Waals surface area contributed by atoms with Crippen LogP contribution in [0.1, 0.15) is 25.8 Å². The molecule has 3 amide bonds. The van der Waals surface area contributed by atoms with Gasteiger partial charge in [0, 0.05) is 48.3 Å². The fourth-order valence-corrected chi connectivity index (χ4v) is 4.67. The van der Waals surface area contributed by atoms with Gasteiger partial charge in [-0.3, -0.25) is 24.3 Å². The summed E-state index contributed by atoms with van der Waals surface area (Å²) in [5, 5.41) is 11.1. The highest BCUT2D eigenvalue weighted by molar-refractivity contribution is 6.31. The zero-order valence-electron chi connectivity index (χ0n) is 22.8. The number of amides is 3. The topological polar surface area (TPSA) is 148 Å². The van der Waals surface area contributed by atoms with Crippen LogP contribution >= 0.6 is 23.2 Å². The maximum atomic E-state index is 13.5. The Kier molecular flexibility index (Phi) is 9.58. The number of rotatable bonds is 10. The Balaban J connectivity index is 1.59. The first-order valence-electron chi connectivity index (χ1n) is 12.8. The number of halogens is 2. The minimum Gasteiger partial charge on any atom is -0.398 e. The zero-order chi connectivity index (χ0) is 29.7. The van der Waals surface area contributed by atoms with E-state index in [2.05, 4.69) is 20.6 Å². The molecule has 1 aromatic heterocycles. The molecule has 1 aliphatic rings. The molecule has 0 aliphatic carbocycles. The van der Waals surface area contributed by atoms with Gasteiger partial charge in [-0.15, -0.1) is 5.10 Å². The Morgan fingerprint density at radius 1 is 1.15 bits per heavy atom. The third-order valence-electron chi connectivity index (χ3n) is 6.30. The van der Waals surface area contributed by atoms with Crippen molar-refractivity contribution in [2.45, 2.75) is 32.4 Å². The number of anilines is 3. The predicted molar refractivity (Wildman–Crippen MR) is 158 cm³/mol. The molecule has 41 heavy (non-hydrogen) atoms. The Morgan fingerprint density at radius 3 is 2.61 bits per heavy atom. The van der Waals surface area contributed by atoms with Crippen molar-refractivity contribution in [3.8, 4) is 5.69 Å². The second kappa shape index (κ2) is 13.1. The highest BCUT2D eigenvalue weighted by Crippen LogP contribution is 2.30. The molecule has 0 spiro atoms. The van der Waals surface area contributed by atoms with Gasteiger partial charge in [0.2, 0.25) is 17.7 Å². The van der Waals surface area contributed by atoms with Crippen molar-refractivity contribution in [1.82, 2.24) is 19.9 Å². The van der Waals surface area contributed by atoms with Crippen LogP contribution in [0.2, 0.25) is 10.2 Å². The normalized spacial score (nSPS) is 14.8. The number of nitrogen functional groups attached to an aromatic ring is 1. The van der Waals surface area contributed by atoms with Crippen LogP contribution in [0.25, 0.3) is 5.69 Å². The van der Waals surface area contributed by atoms with Crippen LogP contribution in [0.3, 0.4) is 0 Å². The summed E-state index contributed by atoms with van der Waals surface area (Å²) in [6.07, 6.45) is 3.16. The van der Waals surface area contributed by atoms with Gasteiger partial charge in [0.15, 0.2) is 5.15 Å². The average Bonchev–Trinajstić information content (AvgIpc) is 3.35. The Bertz CT molecular complexity index is 1480. The van der Waals surface area contributed by atoms with Crippen LogP contribution in [0, 0.1) is 0 Å². The predicted octanol–water partition coefficient (Wildman–Crippen LogP) is 3.20. The number of hydrogen-bond donors (Lipinski definition) is 2. The van der Waals surface area contributed by atoms with E-state index in [9.17, 15) is 14.4 Å². The molecule has 2 aromatic carbocycles. The van der Waals surface area contributed by atoms with E-state index in [4.69, 9.17) is 33.7 Å². The molecule has 1 fully saturated rings. The summed E-state index contributed by atoms with van der Waals surface area (Å²) in [5.41, 5.74) is 8.41. The van der Waals surface area contributed by atoms with Crippen LogP contribution < -0.4 is 16.0 Å². The number of carbonyl (C=O) groups excluding carboxylic acids is 3. The Morgan fingerprint density at radius 2 is 1.93 bits per heavy atom. The molecule has 4 rings (SSSR count). The van der Waals surface area contributed by atoms with Gasteiger partial charge in [0.05, 0.1) is 23.7 Å². The second-order valence-corrected chi connectivity index (χ2v) is 10.4. The summed E-state index contributed by atoms with van der Waals surface area (Å²) in [6, 6.07) is 8.86. The zero-order valence-corrected chi connectivity index (χ0v) is 24.3. The van der Waals surface area contributed by atoms with Gasteiger partial charge in [-0.1, -0.05) is 28.4 Å². The number of nitrogens with one attached hydrogen (secondary N) is 1. The lowest BCUT2D eigenvalue weighted by atomic mass is 10.1. The van der Waals surface area contributed by atoms with Crippen molar-refractivity contribution in [2.24, 2.45) is 4.99 Å². The molecule has 3 aromatic rings. The Labute approximate surface area is 247 Å². The largest absolute Gasteiger partial charge is 0.398 e. The standard InChI is InChI=1S/C27H30Cl2N8O4/c1-16(2)41-9-8-22(27(40)32-19-5-6-20(30)17(10-19)12-31-3)35-14-26(39)36(15-25(35)38)23-11-18(28)4-7-21(23)37-13-24(29)33-34-37/h4-7,10-13,16,22H,8-9,14-15,30H2,1-3H3,(H,32,40). The molecular formula is C27H30Cl2N8O4. The number of benzene rings is 2. The summed E-state index contributed by atoms with van der Waals surface area (Å²) in [7, 11) is 1.62. The van der Waals surface area contributed by atoms with Crippen LogP contribution in [-0.4, -0.2) is 82.7 Å². The number of nitrogens with two attached hydrogens (primary N) is 1. The van der Waals surface area contributed by atoms with Crippen molar-refractivity contribution in [2.75, 3.05) is 42.7 Å². The number of aromatic nitrogens is 3. The van der Waals surface area contributed by atoms with E-state index < -0.39 is 23.8 Å². The van der Waals surface area contributed by atoms with Crippen molar-refractivity contribution in [3.05, 3.63) is 58.3 Å². The molecule has 1 atom stereocenters. The van der Waals surface area contributed by atoms with E-state index in [-0.39, 0.29) is 37.4 Å². The molecule has 0 radical (unpaired) electrons. The second-order valence-electron chi connectivity index (χ2n) is 9.56. The summed E-state index contributed by atoms with van der Waals surface area (Å²) >= 11 is 12.2. The summed E-state index contributed by atoms with van der Waals surface area (Å²) in [5.74, 6) is -1.29. The first-order valence-corrected chi connectivity index (χ1v) is 13.5. The molecule has 14 heteroatoms. The maximum Gasteiger partial charge on any atom is 0.247 e. The molecular weight excluding hydrogens is 571 g/mol. The van der Waals surface area contributed by atoms with Crippen LogP contribution in [0.5, 0.6) is 0 Å². The van der Waals surface area contributed by atoms with E-state index in [1.165, 1.54) is 20.7 Å². The smallest absolute Gasteiger partial charge is 0.247 e. The van der Waals surface area contributed by atoms with Gasteiger partial charge in [-0.05, 0) is 50.2 Å². The highest BCUT2D eigenvalue weighted by Gasteiger charge is 2.39. The van der Waals surface area contributed by atoms with Gasteiger partial charge >= 0.3 is 0 Å². The van der Waals surface area contributed by atoms with Crippen LogP contribution in [0.4, 0.5) is 17.1 Å². The minimum atomic E-state index is -0.971. The van der Waals surface area contributed by atoms with E-state index in [1.807, 2.05) is 13.8 Å². The van der Waals surface area contributed by atoms with Gasteiger partial charge in [0.25, 0.3) is 0 Å². The summed E-state index contributed by atoms with van der Waals surface area (Å²) in [4.78, 5) is 47.1. The molecule has 3 N–H and O–H groups in total. The van der Waals surface area contributed by atoms with Gasteiger partial charge < -0.3 is 20.7 Å². The number of hydrogen-bond acceptors (Lipinski definition) is 8. The quantitative estimate of drug-likeness (QED) is 0.268. The lowest BCUT2D eigenvalue weighted by Crippen LogP contribution is -2.59. The molecule has 0 saturated carbocycles. The molecule has 1 unspecified atom stereocenters. The number of aliphatic imine (C=N–C) groups is 1. The molecule has 216 valence electrons. The number of nitrogens with zero attached hydrogens (tertiary/aromatic N) is 6. The van der Waals surface area contributed by atoms with Crippen LogP contribution in [0.15, 0.2) is 47.6 Å². The Hall–Kier alpha value is -4.00. The van der Waals surface area contributed by atoms with Gasteiger partial charge in [-0.2, -0.15) is 0 Å². The van der Waals surface area contributed by atoms with E-state index in [1.54, 1.807) is 49.7 Å². The summed E-state index contributed by atoms with van der Waals surface area (Å²) in [6.45, 7) is 3.30. The molecule has 2 heterocycles. The highest BCUT2D eigenvalue weighted by atomic mass is 35.5. The lowest BCUT2D eigenvalue weighted by molar-refractivity contribution is -0.144. The molecule has 1 aliphatic heterocycles. The SMILES string of the molecule is CN=Cc1cc(NC(=O)C(CCOC(C)C)N2CC(=O)N(c3cc(Cl)ccc3-n3cc(Cl)nn3)CC2=O)ccc1N. The van der Waals surface area contributed by atoms with E-state index >= 15 is 0 Å². The van der Waals surface area contributed by atoms with Crippen LogP contribution in [-0.2, 0) is 19.1 Å². The monoisotopic (exact) mass is 600 g/mol. The van der Waals surface area contributed by atoms with Crippen molar-refractivity contribution < 1.29 is 19.1 Å². The third-order valence-corrected chi connectivity index (χ3v) is 6.71. The fourth-order valence-electron chi connectivity index (χ4n) is 4.38. The first-order chi connectivity index (χ1) is 19.6. The van der Waals surface area contributed by atoms with Crippen molar-refractivity contribution in [3.63, 3.8) is 0 Å². The van der Waals surface area contributed by atoms with E-state index in [0.717, 1.165) is 0 Å². The van der Waals surface area contributed by atoms with Crippen molar-refractivity contribution >= 4 is 64.2 Å². The molecule has 0 bridgehead atoms. The minimum absolute atomic E-state index is 0.0765. The maximum absolute atomic E-state index is 13.5. The molecule has 12 nitrogen and oxygen atoms in total. The first kappa shape index (κ1) is 30.0. The van der Waals surface area contributed by atoms with Gasteiger partial charge in [-0.25, -0.2) is 4.68 Å². The van der Waals surface area contributed by atoms with Crippen molar-refractivity contribution in [1.29, 1.82) is 0 Å². The number of carbonyl (C=O) groups is 3. The number of ether oxygens (including phenoxy) is 1. The van der Waals surface area contributed by atoms with E-state index in [0.29, 0.717) is 33.3 Å². The third kappa shape index (κ3) is 7.20. The van der Waals surface area contributed by atoms with Gasteiger partial charge in [0.1, 0.15) is 19.1 Å². The average molecular weight is 601 g/mol. The lowest BCUT2D eigenvalue weighted by Gasteiger charge is -2.38. The fraction of sp³-hybridized carbons (Fsp3) is 0.333. The number of piperazine rings is 1. The summed E-state index contributed by atoms with van der Waals surface area (Å²) < 4.78 is 7.07.